The van der Waals surface area contributed by atoms with Crippen LogP contribution in [0.2, 0.25) is 0 Å². The fourth-order valence-corrected chi connectivity index (χ4v) is 1.97. The topological polar surface area (TPSA) is 72.1 Å². The highest BCUT2D eigenvalue weighted by atomic mass is 127. The highest BCUT2D eigenvalue weighted by molar-refractivity contribution is 14.0. The minimum Gasteiger partial charge on any atom is -0.493 e. The van der Waals surface area contributed by atoms with Crippen molar-refractivity contribution in [3.63, 3.8) is 0 Å². The van der Waals surface area contributed by atoms with E-state index in [1.807, 2.05) is 6.07 Å². The zero-order chi connectivity index (χ0) is 18.2. The number of likely N-dealkylation sites (N-methyl/N-ethyl adjacent to an activating group) is 1. The molecule has 3 N–H and O–H groups in total. The minimum absolute atomic E-state index is 0. The van der Waals surface area contributed by atoms with E-state index < -0.39 is 12.7 Å². The van der Waals surface area contributed by atoms with Crippen LogP contribution in [0.25, 0.3) is 0 Å². The molecule has 0 fully saturated rings. The fraction of sp³-hybridized carbons (Fsp3) is 0.533. The summed E-state index contributed by atoms with van der Waals surface area (Å²) < 4.78 is 46.9. The lowest BCUT2D eigenvalue weighted by atomic mass is 10.2. The quantitative estimate of drug-likeness (QED) is 0.342. The Morgan fingerprint density at radius 1 is 1.24 bits per heavy atom. The van der Waals surface area contributed by atoms with Crippen LogP contribution in [0.5, 0.6) is 11.5 Å². The summed E-state index contributed by atoms with van der Waals surface area (Å²) in [5, 5.41) is 2.78. The molecule has 0 saturated heterocycles. The Balaban J connectivity index is 0.00000576. The van der Waals surface area contributed by atoms with Crippen molar-refractivity contribution in [2.75, 3.05) is 40.9 Å². The van der Waals surface area contributed by atoms with Gasteiger partial charge in [-0.1, -0.05) is 6.07 Å². The average Bonchev–Trinajstić information content (AvgIpc) is 2.50. The Labute approximate surface area is 162 Å². The van der Waals surface area contributed by atoms with Crippen molar-refractivity contribution in [1.29, 1.82) is 0 Å². The lowest BCUT2D eigenvalue weighted by Gasteiger charge is -2.18. The molecule has 0 aliphatic heterocycles. The van der Waals surface area contributed by atoms with Gasteiger partial charge >= 0.3 is 6.18 Å². The standard InChI is InChI=1S/C15H23F3N4O2.HI/c1-22(10-15(16,17)18)7-6-20-14(19)21-9-11-4-5-12(23-2)13(8-11)24-3;/h4-5,8H,6-7,9-10H2,1-3H3,(H3,19,20,21);1H. The molecule has 144 valence electrons. The van der Waals surface area contributed by atoms with E-state index in [1.165, 1.54) is 14.2 Å². The van der Waals surface area contributed by atoms with Gasteiger partial charge in [-0.2, -0.15) is 13.2 Å². The third kappa shape index (κ3) is 9.58. The van der Waals surface area contributed by atoms with E-state index in [2.05, 4.69) is 10.3 Å². The summed E-state index contributed by atoms with van der Waals surface area (Å²) in [5.41, 5.74) is 6.57. The number of nitrogens with two attached hydrogens (primary N) is 1. The molecule has 1 rings (SSSR count). The van der Waals surface area contributed by atoms with Crippen LogP contribution >= 0.6 is 24.0 Å². The molecular formula is C15H24F3IN4O2. The monoisotopic (exact) mass is 476 g/mol. The molecule has 0 aromatic heterocycles. The van der Waals surface area contributed by atoms with Gasteiger partial charge in [0.2, 0.25) is 0 Å². The maximum absolute atomic E-state index is 12.2. The molecule has 0 unspecified atom stereocenters. The van der Waals surface area contributed by atoms with Gasteiger partial charge in [0.15, 0.2) is 17.5 Å². The first kappa shape index (κ1) is 23.6. The second kappa shape index (κ2) is 11.2. The smallest absolute Gasteiger partial charge is 0.401 e. The third-order valence-electron chi connectivity index (χ3n) is 3.13. The van der Waals surface area contributed by atoms with Gasteiger partial charge in [0.05, 0.1) is 27.3 Å². The van der Waals surface area contributed by atoms with E-state index in [0.29, 0.717) is 18.0 Å². The van der Waals surface area contributed by atoms with Crippen molar-refractivity contribution in [3.05, 3.63) is 23.8 Å². The fourth-order valence-electron chi connectivity index (χ4n) is 1.97. The zero-order valence-electron chi connectivity index (χ0n) is 14.4. The van der Waals surface area contributed by atoms with Gasteiger partial charge in [-0.25, -0.2) is 4.99 Å². The summed E-state index contributed by atoms with van der Waals surface area (Å²) in [6.07, 6.45) is -4.21. The van der Waals surface area contributed by atoms with Crippen molar-refractivity contribution in [1.82, 2.24) is 10.2 Å². The SMILES string of the molecule is COc1ccc(CN=C(N)NCCN(C)CC(F)(F)F)cc1OC.I. The number of aliphatic imine (C=N–C) groups is 1. The summed E-state index contributed by atoms with van der Waals surface area (Å²) in [4.78, 5) is 5.30. The molecule has 0 aliphatic carbocycles. The molecule has 0 radical (unpaired) electrons. The molecule has 0 saturated carbocycles. The summed E-state index contributed by atoms with van der Waals surface area (Å²) in [7, 11) is 4.48. The van der Waals surface area contributed by atoms with Crippen molar-refractivity contribution < 1.29 is 22.6 Å². The normalized spacial score (nSPS) is 11.9. The first-order chi connectivity index (χ1) is 11.2. The first-order valence-electron chi connectivity index (χ1n) is 7.25. The van der Waals surface area contributed by atoms with Crippen molar-refractivity contribution >= 4 is 29.9 Å². The molecule has 0 bridgehead atoms. The first-order valence-corrected chi connectivity index (χ1v) is 7.25. The number of hydrogen-bond acceptors (Lipinski definition) is 4. The Morgan fingerprint density at radius 2 is 1.88 bits per heavy atom. The van der Waals surface area contributed by atoms with E-state index in [1.54, 1.807) is 19.2 Å². The van der Waals surface area contributed by atoms with Gasteiger partial charge in [-0.05, 0) is 24.7 Å². The molecule has 0 heterocycles. The van der Waals surface area contributed by atoms with Crippen LogP contribution in [0, 0.1) is 0 Å². The Hall–Kier alpha value is -1.43. The number of rotatable bonds is 8. The largest absolute Gasteiger partial charge is 0.493 e. The van der Waals surface area contributed by atoms with Gasteiger partial charge in [-0.15, -0.1) is 24.0 Å². The molecule has 1 aromatic carbocycles. The van der Waals surface area contributed by atoms with Crippen LogP contribution in [0.15, 0.2) is 23.2 Å². The molecule has 25 heavy (non-hydrogen) atoms. The Morgan fingerprint density at radius 3 is 2.44 bits per heavy atom. The molecule has 0 atom stereocenters. The Bertz CT molecular complexity index is 556. The summed E-state index contributed by atoms with van der Waals surface area (Å²) in [6.45, 7) is -0.172. The molecular weight excluding hydrogens is 452 g/mol. The van der Waals surface area contributed by atoms with Gasteiger partial charge in [0.1, 0.15) is 0 Å². The lowest BCUT2D eigenvalue weighted by Crippen LogP contribution is -2.40. The highest BCUT2D eigenvalue weighted by Crippen LogP contribution is 2.27. The molecule has 1 aromatic rings. The van der Waals surface area contributed by atoms with E-state index in [9.17, 15) is 13.2 Å². The molecule has 0 amide bonds. The number of nitrogens with one attached hydrogen (secondary N) is 1. The van der Waals surface area contributed by atoms with Crippen LogP contribution < -0.4 is 20.5 Å². The van der Waals surface area contributed by atoms with Crippen molar-refractivity contribution in [3.8, 4) is 11.5 Å². The number of hydrogen-bond donors (Lipinski definition) is 2. The van der Waals surface area contributed by atoms with E-state index >= 15 is 0 Å². The molecule has 0 aliphatic rings. The van der Waals surface area contributed by atoms with Crippen molar-refractivity contribution in [2.45, 2.75) is 12.7 Å². The number of nitrogens with zero attached hydrogens (tertiary/aromatic N) is 2. The second-order valence-corrected chi connectivity index (χ2v) is 5.17. The summed E-state index contributed by atoms with van der Waals surface area (Å²) in [5.74, 6) is 1.37. The number of alkyl halides is 3. The van der Waals surface area contributed by atoms with E-state index in [4.69, 9.17) is 15.2 Å². The van der Waals surface area contributed by atoms with Gasteiger partial charge in [-0.3, -0.25) is 4.90 Å². The summed E-state index contributed by atoms with van der Waals surface area (Å²) in [6, 6.07) is 5.38. The Kier molecular flexibility index (Phi) is 10.6. The maximum atomic E-state index is 12.2. The van der Waals surface area contributed by atoms with Crippen LogP contribution in [0.1, 0.15) is 5.56 Å². The predicted octanol–water partition coefficient (Wildman–Crippen LogP) is 2.22. The highest BCUT2D eigenvalue weighted by Gasteiger charge is 2.28. The third-order valence-corrected chi connectivity index (χ3v) is 3.13. The van der Waals surface area contributed by atoms with Gasteiger partial charge < -0.3 is 20.5 Å². The number of methoxy groups -OCH3 is 2. The number of benzene rings is 1. The van der Waals surface area contributed by atoms with Crippen LogP contribution in [0.3, 0.4) is 0 Å². The van der Waals surface area contributed by atoms with E-state index in [-0.39, 0.29) is 43.0 Å². The van der Waals surface area contributed by atoms with Crippen LogP contribution in [-0.2, 0) is 6.54 Å². The lowest BCUT2D eigenvalue weighted by molar-refractivity contribution is -0.142. The van der Waals surface area contributed by atoms with Gasteiger partial charge in [0, 0.05) is 13.1 Å². The summed E-state index contributed by atoms with van der Waals surface area (Å²) >= 11 is 0. The molecule has 10 heteroatoms. The van der Waals surface area contributed by atoms with Crippen LogP contribution in [0.4, 0.5) is 13.2 Å². The number of ether oxygens (including phenoxy) is 2. The zero-order valence-corrected chi connectivity index (χ0v) is 16.7. The van der Waals surface area contributed by atoms with Crippen LogP contribution in [-0.4, -0.2) is 57.9 Å². The molecule has 6 nitrogen and oxygen atoms in total. The number of guanidine groups is 1. The minimum atomic E-state index is -4.21. The average molecular weight is 476 g/mol. The predicted molar refractivity (Wildman–Crippen MR) is 102 cm³/mol. The molecule has 0 spiro atoms. The maximum Gasteiger partial charge on any atom is 0.401 e. The second-order valence-electron chi connectivity index (χ2n) is 5.17. The van der Waals surface area contributed by atoms with Crippen molar-refractivity contribution in [2.24, 2.45) is 10.7 Å². The van der Waals surface area contributed by atoms with Gasteiger partial charge in [0.25, 0.3) is 0 Å². The number of halogens is 4. The van der Waals surface area contributed by atoms with E-state index in [0.717, 1.165) is 10.5 Å².